The van der Waals surface area contributed by atoms with Crippen molar-refractivity contribution in [1.82, 2.24) is 4.90 Å². The van der Waals surface area contributed by atoms with Gasteiger partial charge in [0.25, 0.3) is 0 Å². The number of amides is 1. The molecule has 0 N–H and O–H groups in total. The molecule has 0 aromatic heterocycles. The number of halogens is 3. The Bertz CT molecular complexity index is 632. The lowest BCUT2D eigenvalue weighted by atomic mass is 9.96. The van der Waals surface area contributed by atoms with Crippen molar-refractivity contribution in [2.75, 3.05) is 26.3 Å². The number of alkyl halides is 3. The molecule has 0 bridgehead atoms. The van der Waals surface area contributed by atoms with Crippen LogP contribution in [0.15, 0.2) is 24.3 Å². The highest BCUT2D eigenvalue weighted by Crippen LogP contribution is 2.31. The number of benzene rings is 1. The van der Waals surface area contributed by atoms with Crippen LogP contribution in [0.5, 0.6) is 11.5 Å². The fraction of sp³-hybridized carbons (Fsp3) is 0.500. The predicted octanol–water partition coefficient (Wildman–Crippen LogP) is 3.91. The fourth-order valence-corrected chi connectivity index (χ4v) is 2.44. The molecule has 2 rings (SSSR count). The first-order valence-corrected chi connectivity index (χ1v) is 7.97. The van der Waals surface area contributed by atoms with E-state index < -0.39 is 24.0 Å². The van der Waals surface area contributed by atoms with Crippen molar-refractivity contribution in [3.05, 3.63) is 29.8 Å². The first kappa shape index (κ1) is 19.1. The second kappa shape index (κ2) is 7.37. The average Bonchev–Trinajstić information content (AvgIpc) is 2.49. The quantitative estimate of drug-likeness (QED) is 0.767. The highest BCUT2D eigenvalue weighted by Gasteiger charge is 2.34. The second-order valence-electron chi connectivity index (χ2n) is 7.11. The minimum absolute atomic E-state index is 0.0107. The van der Waals surface area contributed by atoms with Gasteiger partial charge in [-0.2, -0.15) is 13.2 Å². The van der Waals surface area contributed by atoms with Crippen molar-refractivity contribution in [3.63, 3.8) is 0 Å². The van der Waals surface area contributed by atoms with Crippen molar-refractivity contribution in [1.29, 1.82) is 0 Å². The molecule has 0 saturated carbocycles. The van der Waals surface area contributed by atoms with E-state index in [0.717, 1.165) is 11.0 Å². The molecule has 1 aromatic carbocycles. The van der Waals surface area contributed by atoms with Crippen molar-refractivity contribution in [3.8, 4) is 11.5 Å². The molecule has 0 fully saturated rings. The summed E-state index contributed by atoms with van der Waals surface area (Å²) in [6, 6.07) is 5.12. The van der Waals surface area contributed by atoms with Crippen molar-refractivity contribution < 1.29 is 27.4 Å². The number of hydrogen-bond acceptors (Lipinski definition) is 3. The zero-order chi connectivity index (χ0) is 18.7. The van der Waals surface area contributed by atoms with Gasteiger partial charge >= 0.3 is 6.18 Å². The first-order valence-electron chi connectivity index (χ1n) is 7.97. The predicted molar refractivity (Wildman–Crippen MR) is 88.6 cm³/mol. The average molecular weight is 357 g/mol. The first-order chi connectivity index (χ1) is 11.5. The van der Waals surface area contributed by atoms with Gasteiger partial charge in [-0.3, -0.25) is 4.79 Å². The molecule has 25 heavy (non-hydrogen) atoms. The number of carbonyl (C=O) groups is 1. The van der Waals surface area contributed by atoms with Crippen molar-refractivity contribution in [2.24, 2.45) is 5.41 Å². The zero-order valence-corrected chi connectivity index (χ0v) is 14.5. The molecule has 138 valence electrons. The second-order valence-corrected chi connectivity index (χ2v) is 7.11. The SMILES string of the molecule is CC(C)(C)CN(CC(F)(F)F)C(=O)/C=C/c1ccc2c(c1)OCCO2. The number of rotatable bonds is 4. The summed E-state index contributed by atoms with van der Waals surface area (Å²) < 4.78 is 49.1. The van der Waals surface area contributed by atoms with E-state index in [9.17, 15) is 18.0 Å². The van der Waals surface area contributed by atoms with Gasteiger partial charge in [-0.15, -0.1) is 0 Å². The maximum atomic E-state index is 12.7. The van der Waals surface area contributed by atoms with E-state index in [0.29, 0.717) is 30.3 Å². The van der Waals surface area contributed by atoms with E-state index in [1.54, 1.807) is 39.0 Å². The largest absolute Gasteiger partial charge is 0.486 e. The highest BCUT2D eigenvalue weighted by atomic mass is 19.4. The number of hydrogen-bond donors (Lipinski definition) is 0. The Morgan fingerprint density at radius 3 is 2.36 bits per heavy atom. The summed E-state index contributed by atoms with van der Waals surface area (Å²) >= 11 is 0. The van der Waals surface area contributed by atoms with Crippen molar-refractivity contribution in [2.45, 2.75) is 26.9 Å². The standard InChI is InChI=1S/C18H22F3NO3/c1-17(2,3)11-22(12-18(19,20)21)16(23)7-5-13-4-6-14-15(10-13)25-9-8-24-14/h4-7,10H,8-9,11-12H2,1-3H3/b7-5+. The lowest BCUT2D eigenvalue weighted by Crippen LogP contribution is -2.42. The summed E-state index contributed by atoms with van der Waals surface area (Å²) in [6.45, 7) is 5.01. The Morgan fingerprint density at radius 1 is 1.12 bits per heavy atom. The summed E-state index contributed by atoms with van der Waals surface area (Å²) in [5.74, 6) is 0.492. The third-order valence-corrected chi connectivity index (χ3v) is 3.33. The Morgan fingerprint density at radius 2 is 1.76 bits per heavy atom. The van der Waals surface area contributed by atoms with Crippen LogP contribution < -0.4 is 9.47 Å². The Balaban J connectivity index is 2.12. The maximum absolute atomic E-state index is 12.7. The van der Waals surface area contributed by atoms with Gasteiger partial charge in [0.05, 0.1) is 0 Å². The van der Waals surface area contributed by atoms with Crippen LogP contribution in [0.4, 0.5) is 13.2 Å². The maximum Gasteiger partial charge on any atom is 0.406 e. The van der Waals surface area contributed by atoms with Crippen LogP contribution in [0.1, 0.15) is 26.3 Å². The van der Waals surface area contributed by atoms with Gasteiger partial charge < -0.3 is 14.4 Å². The van der Waals surface area contributed by atoms with Crippen LogP contribution in [0.25, 0.3) is 6.08 Å². The fourth-order valence-electron chi connectivity index (χ4n) is 2.44. The van der Waals surface area contributed by atoms with E-state index in [1.807, 2.05) is 0 Å². The molecule has 0 spiro atoms. The summed E-state index contributed by atoms with van der Waals surface area (Å²) in [7, 11) is 0. The van der Waals surface area contributed by atoms with Crippen LogP contribution >= 0.6 is 0 Å². The van der Waals surface area contributed by atoms with Gasteiger partial charge in [0.1, 0.15) is 19.8 Å². The molecule has 1 aromatic rings. The number of nitrogens with zero attached hydrogens (tertiary/aromatic N) is 1. The number of carbonyl (C=O) groups excluding carboxylic acids is 1. The van der Waals surface area contributed by atoms with E-state index in [1.165, 1.54) is 6.08 Å². The molecule has 1 heterocycles. The lowest BCUT2D eigenvalue weighted by molar-refractivity contribution is -0.160. The molecule has 0 radical (unpaired) electrons. The monoisotopic (exact) mass is 357 g/mol. The third-order valence-electron chi connectivity index (χ3n) is 3.33. The molecule has 1 aliphatic heterocycles. The van der Waals surface area contributed by atoms with Crippen LogP contribution in [-0.2, 0) is 4.79 Å². The van der Waals surface area contributed by atoms with E-state index in [2.05, 4.69) is 0 Å². The van der Waals surface area contributed by atoms with Crippen LogP contribution in [0, 0.1) is 5.41 Å². The lowest BCUT2D eigenvalue weighted by Gasteiger charge is -2.29. The molecule has 7 heteroatoms. The molecule has 1 amide bonds. The topological polar surface area (TPSA) is 38.8 Å². The van der Waals surface area contributed by atoms with E-state index in [-0.39, 0.29) is 6.54 Å². The van der Waals surface area contributed by atoms with Crippen molar-refractivity contribution >= 4 is 12.0 Å². The van der Waals surface area contributed by atoms with Gasteiger partial charge in [0, 0.05) is 12.6 Å². The Labute approximate surface area is 145 Å². The normalized spacial score (nSPS) is 14.6. The Kier molecular flexibility index (Phi) is 5.65. The Hall–Kier alpha value is -2.18. The smallest absolute Gasteiger partial charge is 0.406 e. The van der Waals surface area contributed by atoms with Crippen LogP contribution in [-0.4, -0.2) is 43.3 Å². The molecular formula is C18H22F3NO3. The van der Waals surface area contributed by atoms with Gasteiger partial charge in [0.2, 0.25) is 5.91 Å². The molecule has 0 saturated heterocycles. The molecule has 1 aliphatic rings. The summed E-state index contributed by atoms with van der Waals surface area (Å²) in [5, 5.41) is 0. The van der Waals surface area contributed by atoms with Gasteiger partial charge in [-0.1, -0.05) is 26.8 Å². The molecule has 0 aliphatic carbocycles. The van der Waals surface area contributed by atoms with Crippen LogP contribution in [0.2, 0.25) is 0 Å². The van der Waals surface area contributed by atoms with E-state index >= 15 is 0 Å². The van der Waals surface area contributed by atoms with Gasteiger partial charge in [-0.05, 0) is 29.2 Å². The summed E-state index contributed by atoms with van der Waals surface area (Å²) in [5.41, 5.74) is 0.214. The molecule has 0 unspecified atom stereocenters. The third kappa shape index (κ3) is 6.32. The number of fused-ring (bicyclic) bond motifs is 1. The number of ether oxygens (including phenoxy) is 2. The van der Waals surface area contributed by atoms with Crippen LogP contribution in [0.3, 0.4) is 0 Å². The molecule has 0 atom stereocenters. The molecular weight excluding hydrogens is 335 g/mol. The minimum Gasteiger partial charge on any atom is -0.486 e. The minimum atomic E-state index is -4.44. The molecule has 4 nitrogen and oxygen atoms in total. The zero-order valence-electron chi connectivity index (χ0n) is 14.5. The van der Waals surface area contributed by atoms with E-state index in [4.69, 9.17) is 9.47 Å². The summed E-state index contributed by atoms with van der Waals surface area (Å²) in [6.07, 6.45) is -1.80. The highest BCUT2D eigenvalue weighted by molar-refractivity contribution is 5.92. The van der Waals surface area contributed by atoms with Gasteiger partial charge in [0.15, 0.2) is 11.5 Å². The summed E-state index contributed by atoms with van der Waals surface area (Å²) in [4.78, 5) is 13.1. The van der Waals surface area contributed by atoms with Gasteiger partial charge in [-0.25, -0.2) is 0 Å².